The second kappa shape index (κ2) is 8.62. The van der Waals surface area contributed by atoms with Gasteiger partial charge in [-0.05, 0) is 18.2 Å². The predicted octanol–water partition coefficient (Wildman–Crippen LogP) is 2.70. The molecule has 0 atom stereocenters. The molecule has 0 aliphatic rings. The number of fused-ring (bicyclic) bond motifs is 2. The minimum Gasteiger partial charge on any atom is -0.360 e. The first-order chi connectivity index (χ1) is 14.2. The monoisotopic (exact) mass is 389 g/mol. The van der Waals surface area contributed by atoms with E-state index in [4.69, 9.17) is 0 Å². The number of hydrogen-bond donors (Lipinski definition) is 4. The molecule has 2 aromatic carbocycles. The Bertz CT molecular complexity index is 1050. The fraction of sp³-hybridized carbons (Fsp3) is 0.182. The minimum absolute atomic E-state index is 0.1000. The maximum Gasteiger partial charge on any atom is 0.326 e. The summed E-state index contributed by atoms with van der Waals surface area (Å²) in [5.74, 6) is -0.1000. The molecule has 0 radical (unpaired) electrons. The van der Waals surface area contributed by atoms with Crippen LogP contribution in [-0.2, 0) is 0 Å². The highest BCUT2D eigenvalue weighted by atomic mass is 16.2. The summed E-state index contributed by atoms with van der Waals surface area (Å²) in [5, 5.41) is 11.0. The zero-order valence-electron chi connectivity index (χ0n) is 15.9. The van der Waals surface area contributed by atoms with Crippen molar-refractivity contribution >= 4 is 33.7 Å². The Morgan fingerprint density at radius 1 is 0.862 bits per heavy atom. The largest absolute Gasteiger partial charge is 0.360 e. The van der Waals surface area contributed by atoms with E-state index >= 15 is 0 Å². The van der Waals surface area contributed by atoms with E-state index in [2.05, 4.69) is 20.9 Å². The van der Waals surface area contributed by atoms with Gasteiger partial charge in [-0.2, -0.15) is 0 Å². The van der Waals surface area contributed by atoms with Gasteiger partial charge in [-0.3, -0.25) is 9.36 Å². The highest BCUT2D eigenvalue weighted by Gasteiger charge is 2.10. The van der Waals surface area contributed by atoms with Crippen molar-refractivity contribution in [1.82, 2.24) is 25.5 Å². The molecule has 0 bridgehead atoms. The molecule has 0 aliphatic heterocycles. The number of carbonyl (C=O) groups excluding carboxylic acids is 2. The highest BCUT2D eigenvalue weighted by molar-refractivity contribution is 6.06. The zero-order valence-corrected chi connectivity index (χ0v) is 15.9. The van der Waals surface area contributed by atoms with Crippen LogP contribution in [0.4, 0.5) is 4.79 Å². The van der Waals surface area contributed by atoms with Crippen LogP contribution in [-0.4, -0.2) is 47.7 Å². The Labute approximate surface area is 168 Å². The molecular weight excluding hydrogens is 366 g/mol. The standard InChI is InChI=1S/C22H23N5O2/c28-21(18-15-26-19-7-3-2-6-17(18)19)24-12-10-23-11-13-25-22(29)27-14-9-16-5-1-4-8-20(16)27/h1-9,14-15,23,26H,10-13H2,(H,24,28)(H,25,29). The van der Waals surface area contributed by atoms with Gasteiger partial charge in [-0.1, -0.05) is 36.4 Å². The number of carbonyl (C=O) groups is 2. The number of aromatic nitrogens is 2. The number of aromatic amines is 1. The van der Waals surface area contributed by atoms with Crippen LogP contribution in [0.5, 0.6) is 0 Å². The molecule has 2 heterocycles. The number of H-pyrrole nitrogens is 1. The van der Waals surface area contributed by atoms with Crippen molar-refractivity contribution in [3.8, 4) is 0 Å². The molecule has 4 N–H and O–H groups in total. The van der Waals surface area contributed by atoms with Crippen molar-refractivity contribution in [2.24, 2.45) is 0 Å². The lowest BCUT2D eigenvalue weighted by molar-refractivity contribution is 0.0955. The summed E-state index contributed by atoms with van der Waals surface area (Å²) in [6, 6.07) is 17.2. The number of hydrogen-bond acceptors (Lipinski definition) is 3. The van der Waals surface area contributed by atoms with Crippen molar-refractivity contribution in [2.75, 3.05) is 26.2 Å². The lowest BCUT2D eigenvalue weighted by atomic mass is 10.1. The summed E-state index contributed by atoms with van der Waals surface area (Å²) >= 11 is 0. The number of para-hydroxylation sites is 2. The summed E-state index contributed by atoms with van der Waals surface area (Å²) in [6.45, 7) is 2.25. The van der Waals surface area contributed by atoms with Crippen LogP contribution in [0.1, 0.15) is 10.4 Å². The number of nitrogens with one attached hydrogen (secondary N) is 4. The molecule has 148 valence electrons. The van der Waals surface area contributed by atoms with Gasteiger partial charge in [-0.15, -0.1) is 0 Å². The molecule has 7 heteroatoms. The summed E-state index contributed by atoms with van der Waals surface area (Å²) in [4.78, 5) is 27.7. The smallest absolute Gasteiger partial charge is 0.326 e. The van der Waals surface area contributed by atoms with Crippen molar-refractivity contribution < 1.29 is 9.59 Å². The quantitative estimate of drug-likeness (QED) is 0.366. The Kier molecular flexibility index (Phi) is 5.58. The van der Waals surface area contributed by atoms with Crippen LogP contribution >= 0.6 is 0 Å². The topological polar surface area (TPSA) is 90.9 Å². The molecular formula is C22H23N5O2. The van der Waals surface area contributed by atoms with E-state index in [1.165, 1.54) is 0 Å². The third-order valence-electron chi connectivity index (χ3n) is 4.82. The van der Waals surface area contributed by atoms with Crippen molar-refractivity contribution in [3.05, 3.63) is 72.6 Å². The highest BCUT2D eigenvalue weighted by Crippen LogP contribution is 2.17. The molecule has 0 saturated carbocycles. The lowest BCUT2D eigenvalue weighted by Gasteiger charge is -2.09. The van der Waals surface area contributed by atoms with Crippen molar-refractivity contribution in [3.63, 3.8) is 0 Å². The maximum absolute atomic E-state index is 12.3. The molecule has 4 aromatic rings. The summed E-state index contributed by atoms with van der Waals surface area (Å²) in [5.41, 5.74) is 2.48. The molecule has 0 aliphatic carbocycles. The van der Waals surface area contributed by atoms with E-state index in [1.54, 1.807) is 17.0 Å². The molecule has 7 nitrogen and oxygen atoms in total. The fourth-order valence-electron chi connectivity index (χ4n) is 3.35. The van der Waals surface area contributed by atoms with Gasteiger partial charge in [0.2, 0.25) is 0 Å². The van der Waals surface area contributed by atoms with E-state index in [0.717, 1.165) is 21.8 Å². The molecule has 2 aromatic heterocycles. The predicted molar refractivity (Wildman–Crippen MR) is 114 cm³/mol. The van der Waals surface area contributed by atoms with Gasteiger partial charge in [0.1, 0.15) is 0 Å². The minimum atomic E-state index is -0.152. The SMILES string of the molecule is O=C(NCCNCCNC(=O)n1ccc2ccccc21)c1c[nH]c2ccccc12. The Morgan fingerprint density at radius 3 is 2.52 bits per heavy atom. The number of rotatable bonds is 7. The summed E-state index contributed by atoms with van der Waals surface area (Å²) in [7, 11) is 0. The summed E-state index contributed by atoms with van der Waals surface area (Å²) < 4.78 is 1.61. The molecule has 0 unspecified atom stereocenters. The van der Waals surface area contributed by atoms with Crippen LogP contribution in [0.3, 0.4) is 0 Å². The first-order valence-electron chi connectivity index (χ1n) is 9.63. The first kappa shape index (κ1) is 18.8. The molecule has 4 rings (SSSR count). The number of amides is 2. The second-order valence-corrected chi connectivity index (χ2v) is 6.73. The van der Waals surface area contributed by atoms with E-state index < -0.39 is 0 Å². The van der Waals surface area contributed by atoms with Crippen LogP contribution in [0, 0.1) is 0 Å². The third-order valence-corrected chi connectivity index (χ3v) is 4.82. The van der Waals surface area contributed by atoms with E-state index in [9.17, 15) is 9.59 Å². The van der Waals surface area contributed by atoms with Gasteiger partial charge in [-0.25, -0.2) is 4.79 Å². The van der Waals surface area contributed by atoms with Crippen molar-refractivity contribution in [1.29, 1.82) is 0 Å². The van der Waals surface area contributed by atoms with Gasteiger partial charge in [0, 0.05) is 54.9 Å². The van der Waals surface area contributed by atoms with Gasteiger partial charge in [0.25, 0.3) is 5.91 Å². The molecule has 0 fully saturated rings. The van der Waals surface area contributed by atoms with Crippen LogP contribution in [0.25, 0.3) is 21.8 Å². The Morgan fingerprint density at radius 2 is 1.62 bits per heavy atom. The lowest BCUT2D eigenvalue weighted by Crippen LogP contribution is -2.37. The molecule has 29 heavy (non-hydrogen) atoms. The van der Waals surface area contributed by atoms with Crippen molar-refractivity contribution in [2.45, 2.75) is 0 Å². The fourth-order valence-corrected chi connectivity index (χ4v) is 3.35. The first-order valence-corrected chi connectivity index (χ1v) is 9.63. The van der Waals surface area contributed by atoms with E-state index in [0.29, 0.717) is 31.7 Å². The number of benzene rings is 2. The van der Waals surface area contributed by atoms with E-state index in [-0.39, 0.29) is 11.9 Å². The van der Waals surface area contributed by atoms with E-state index in [1.807, 2.05) is 54.6 Å². The third kappa shape index (κ3) is 4.14. The van der Waals surface area contributed by atoms with Gasteiger partial charge in [0.15, 0.2) is 0 Å². The normalized spacial score (nSPS) is 11.0. The van der Waals surface area contributed by atoms with Gasteiger partial charge >= 0.3 is 6.03 Å². The maximum atomic E-state index is 12.3. The van der Waals surface area contributed by atoms with Crippen LogP contribution in [0.15, 0.2) is 67.0 Å². The van der Waals surface area contributed by atoms with Gasteiger partial charge < -0.3 is 20.9 Å². The second-order valence-electron chi connectivity index (χ2n) is 6.73. The van der Waals surface area contributed by atoms with Crippen LogP contribution < -0.4 is 16.0 Å². The number of nitrogens with zero attached hydrogens (tertiary/aromatic N) is 1. The Balaban J connectivity index is 1.16. The van der Waals surface area contributed by atoms with Gasteiger partial charge in [0.05, 0.1) is 11.1 Å². The summed E-state index contributed by atoms with van der Waals surface area (Å²) in [6.07, 6.45) is 3.50. The molecule has 0 spiro atoms. The molecule has 0 saturated heterocycles. The average molecular weight is 389 g/mol. The Hall–Kier alpha value is -3.58. The van der Waals surface area contributed by atoms with Crippen LogP contribution in [0.2, 0.25) is 0 Å². The average Bonchev–Trinajstić information content (AvgIpc) is 3.37. The zero-order chi connectivity index (χ0) is 20.1. The molecule has 2 amide bonds.